The fourth-order valence-corrected chi connectivity index (χ4v) is 1.97. The lowest BCUT2D eigenvalue weighted by atomic mass is 10.1. The second-order valence-electron chi connectivity index (χ2n) is 4.59. The molecule has 0 saturated carbocycles. The maximum Gasteiger partial charge on any atom is 0.319 e. The molecule has 0 unspecified atom stereocenters. The Kier molecular flexibility index (Phi) is 5.30. The van der Waals surface area contributed by atoms with Gasteiger partial charge < -0.3 is 15.4 Å². The average Bonchev–Trinajstić information content (AvgIpc) is 2.48. The van der Waals surface area contributed by atoms with Gasteiger partial charge in [-0.15, -0.1) is 0 Å². The van der Waals surface area contributed by atoms with E-state index in [1.165, 1.54) is 7.11 Å². The summed E-state index contributed by atoms with van der Waals surface area (Å²) in [5, 5.41) is 5.00. The molecule has 0 saturated heterocycles. The minimum Gasteiger partial charge on any atom is -0.491 e. The Labute approximate surface area is 127 Å². The predicted octanol–water partition coefficient (Wildman–Crippen LogP) is 3.34. The third kappa shape index (κ3) is 4.18. The van der Waals surface area contributed by atoms with Gasteiger partial charge in [0.2, 0.25) is 0 Å². The van der Waals surface area contributed by atoms with Crippen LogP contribution in [0, 0.1) is 11.6 Å². The lowest BCUT2D eigenvalue weighted by Gasteiger charge is -2.10. The van der Waals surface area contributed by atoms with Crippen molar-refractivity contribution >= 4 is 11.7 Å². The first-order chi connectivity index (χ1) is 10.6. The zero-order valence-electron chi connectivity index (χ0n) is 12.0. The molecule has 0 heterocycles. The van der Waals surface area contributed by atoms with Crippen molar-refractivity contribution in [2.45, 2.75) is 6.42 Å². The number of halogens is 2. The minimum absolute atomic E-state index is 0.0213. The van der Waals surface area contributed by atoms with Gasteiger partial charge in [-0.25, -0.2) is 13.6 Å². The summed E-state index contributed by atoms with van der Waals surface area (Å²) >= 11 is 0. The van der Waals surface area contributed by atoms with Crippen LogP contribution in [0.2, 0.25) is 0 Å². The zero-order chi connectivity index (χ0) is 15.9. The van der Waals surface area contributed by atoms with Crippen molar-refractivity contribution in [1.29, 1.82) is 0 Å². The minimum atomic E-state index is -0.873. The van der Waals surface area contributed by atoms with Crippen molar-refractivity contribution in [3.05, 3.63) is 59.7 Å². The van der Waals surface area contributed by atoms with E-state index < -0.39 is 23.4 Å². The summed E-state index contributed by atoms with van der Waals surface area (Å²) in [5.41, 5.74) is 1.11. The smallest absolute Gasteiger partial charge is 0.319 e. The van der Waals surface area contributed by atoms with Crippen molar-refractivity contribution in [1.82, 2.24) is 5.32 Å². The van der Waals surface area contributed by atoms with Crippen LogP contribution in [-0.4, -0.2) is 19.7 Å². The van der Waals surface area contributed by atoms with Crippen LogP contribution in [0.3, 0.4) is 0 Å². The third-order valence-corrected chi connectivity index (χ3v) is 3.00. The Bertz CT molecular complexity index is 625. The molecule has 2 amide bonds. The van der Waals surface area contributed by atoms with Gasteiger partial charge in [0.1, 0.15) is 0 Å². The Balaban J connectivity index is 1.87. The predicted molar refractivity (Wildman–Crippen MR) is 80.1 cm³/mol. The monoisotopic (exact) mass is 306 g/mol. The van der Waals surface area contributed by atoms with E-state index in [2.05, 4.69) is 15.4 Å². The molecular formula is C16H16F2N2O2. The van der Waals surface area contributed by atoms with Crippen molar-refractivity contribution in [3.8, 4) is 5.75 Å². The molecule has 6 heteroatoms. The summed E-state index contributed by atoms with van der Waals surface area (Å²) in [6.45, 7) is 0.414. The highest BCUT2D eigenvalue weighted by Gasteiger charge is 2.12. The maximum atomic E-state index is 13.5. The highest BCUT2D eigenvalue weighted by molar-refractivity contribution is 5.89. The Morgan fingerprint density at radius 3 is 2.36 bits per heavy atom. The summed E-state index contributed by atoms with van der Waals surface area (Å²) in [6.07, 6.45) is 0.666. The topological polar surface area (TPSA) is 50.4 Å². The average molecular weight is 306 g/mol. The van der Waals surface area contributed by atoms with Gasteiger partial charge in [-0.05, 0) is 12.0 Å². The van der Waals surface area contributed by atoms with Crippen LogP contribution in [0.4, 0.5) is 19.3 Å². The molecule has 2 rings (SSSR count). The molecule has 0 bridgehead atoms. The van der Waals surface area contributed by atoms with Crippen LogP contribution < -0.4 is 15.4 Å². The molecule has 4 nitrogen and oxygen atoms in total. The van der Waals surface area contributed by atoms with E-state index in [9.17, 15) is 13.6 Å². The molecule has 22 heavy (non-hydrogen) atoms. The number of nitrogens with one attached hydrogen (secondary N) is 2. The Morgan fingerprint density at radius 2 is 1.77 bits per heavy atom. The number of urea groups is 1. The summed E-state index contributed by atoms with van der Waals surface area (Å²) in [7, 11) is 1.17. The second kappa shape index (κ2) is 7.40. The standard InChI is InChI=1S/C16H16F2N2O2/c1-22-15-13(17)9-12(10-14(15)18)20-16(21)19-8-7-11-5-3-2-4-6-11/h2-6,9-10H,7-8H2,1H3,(H2,19,20,21). The van der Waals surface area contributed by atoms with Gasteiger partial charge >= 0.3 is 6.03 Å². The van der Waals surface area contributed by atoms with E-state index in [1.54, 1.807) is 0 Å². The normalized spacial score (nSPS) is 10.1. The fraction of sp³-hybridized carbons (Fsp3) is 0.188. The van der Waals surface area contributed by atoms with E-state index in [-0.39, 0.29) is 5.69 Å². The van der Waals surface area contributed by atoms with Crippen molar-refractivity contribution < 1.29 is 18.3 Å². The highest BCUT2D eigenvalue weighted by atomic mass is 19.1. The van der Waals surface area contributed by atoms with Crippen LogP contribution in [0.25, 0.3) is 0 Å². The molecule has 2 N–H and O–H groups in total. The number of amides is 2. The number of carbonyl (C=O) groups excluding carboxylic acids is 1. The number of hydrogen-bond acceptors (Lipinski definition) is 2. The number of anilines is 1. The lowest BCUT2D eigenvalue weighted by molar-refractivity contribution is 0.252. The molecule has 2 aromatic rings. The quantitative estimate of drug-likeness (QED) is 0.890. The number of rotatable bonds is 5. The van der Waals surface area contributed by atoms with Gasteiger partial charge in [-0.3, -0.25) is 0 Å². The number of methoxy groups -OCH3 is 1. The molecule has 0 aliphatic heterocycles. The Morgan fingerprint density at radius 1 is 1.14 bits per heavy atom. The first-order valence-electron chi connectivity index (χ1n) is 6.72. The summed E-state index contributed by atoms with van der Waals surface area (Å²) in [5.74, 6) is -2.22. The molecule has 0 aromatic heterocycles. The summed E-state index contributed by atoms with van der Waals surface area (Å²) in [4.78, 5) is 11.7. The van der Waals surface area contributed by atoms with Gasteiger partial charge in [0.15, 0.2) is 17.4 Å². The van der Waals surface area contributed by atoms with Crippen molar-refractivity contribution in [2.24, 2.45) is 0 Å². The van der Waals surface area contributed by atoms with Crippen LogP contribution >= 0.6 is 0 Å². The number of carbonyl (C=O) groups is 1. The van der Waals surface area contributed by atoms with E-state index in [0.29, 0.717) is 13.0 Å². The van der Waals surface area contributed by atoms with Crippen molar-refractivity contribution in [2.75, 3.05) is 19.0 Å². The molecule has 0 spiro atoms. The molecule has 0 aliphatic rings. The van der Waals surface area contributed by atoms with Crippen LogP contribution in [0.5, 0.6) is 5.75 Å². The summed E-state index contributed by atoms with van der Waals surface area (Å²) in [6, 6.07) is 11.1. The molecule has 0 aliphatic carbocycles. The zero-order valence-corrected chi connectivity index (χ0v) is 12.0. The van der Waals surface area contributed by atoms with Gasteiger partial charge in [-0.1, -0.05) is 30.3 Å². The second-order valence-corrected chi connectivity index (χ2v) is 4.59. The highest BCUT2D eigenvalue weighted by Crippen LogP contribution is 2.25. The third-order valence-electron chi connectivity index (χ3n) is 3.00. The molecule has 0 fully saturated rings. The fourth-order valence-electron chi connectivity index (χ4n) is 1.97. The van der Waals surface area contributed by atoms with E-state index in [0.717, 1.165) is 17.7 Å². The molecular weight excluding hydrogens is 290 g/mol. The Hall–Kier alpha value is -2.63. The number of ether oxygens (including phenoxy) is 1. The van der Waals surface area contributed by atoms with E-state index in [4.69, 9.17) is 0 Å². The largest absolute Gasteiger partial charge is 0.491 e. The van der Waals surface area contributed by atoms with Crippen molar-refractivity contribution in [3.63, 3.8) is 0 Å². The first-order valence-corrected chi connectivity index (χ1v) is 6.72. The maximum absolute atomic E-state index is 13.5. The summed E-state index contributed by atoms with van der Waals surface area (Å²) < 4.78 is 31.6. The van der Waals surface area contributed by atoms with Gasteiger partial charge in [-0.2, -0.15) is 0 Å². The number of benzene rings is 2. The molecule has 0 radical (unpaired) electrons. The van der Waals surface area contributed by atoms with Gasteiger partial charge in [0.25, 0.3) is 0 Å². The molecule has 2 aromatic carbocycles. The SMILES string of the molecule is COc1c(F)cc(NC(=O)NCCc2ccccc2)cc1F. The van der Waals surface area contributed by atoms with Crippen LogP contribution in [0.15, 0.2) is 42.5 Å². The van der Waals surface area contributed by atoms with Crippen LogP contribution in [0.1, 0.15) is 5.56 Å². The van der Waals surface area contributed by atoms with Crippen LogP contribution in [-0.2, 0) is 6.42 Å². The molecule has 116 valence electrons. The van der Waals surface area contributed by atoms with E-state index in [1.807, 2.05) is 30.3 Å². The number of hydrogen-bond donors (Lipinski definition) is 2. The molecule has 0 atom stereocenters. The van der Waals surface area contributed by atoms with Gasteiger partial charge in [0.05, 0.1) is 7.11 Å². The van der Waals surface area contributed by atoms with E-state index >= 15 is 0 Å². The lowest BCUT2D eigenvalue weighted by Crippen LogP contribution is -2.30. The van der Waals surface area contributed by atoms with Gasteiger partial charge in [0, 0.05) is 24.4 Å². The first kappa shape index (κ1) is 15.8.